The lowest BCUT2D eigenvalue weighted by Crippen LogP contribution is -2.46. The van der Waals surface area contributed by atoms with Gasteiger partial charge in [0.1, 0.15) is 12.8 Å². The molecule has 0 aromatic heterocycles. The molecule has 1 N–H and O–H groups in total. The topological polar surface area (TPSA) is 84.9 Å². The Hall–Kier alpha value is -2.57. The number of carbonyl (C=O) groups excluding carboxylic acids is 3. The highest BCUT2D eigenvalue weighted by atomic mass is 16.7. The number of hydroxylamine groups is 2. The molecule has 1 aliphatic heterocycles. The molecule has 1 aliphatic rings. The van der Waals surface area contributed by atoms with Gasteiger partial charge in [-0.15, -0.1) is 5.06 Å². The third-order valence-corrected chi connectivity index (χ3v) is 2.88. The van der Waals surface area contributed by atoms with Gasteiger partial charge in [-0.1, -0.05) is 30.3 Å². The van der Waals surface area contributed by atoms with E-state index in [2.05, 4.69) is 5.32 Å². The number of hydrogen-bond donors (Lipinski definition) is 1. The van der Waals surface area contributed by atoms with E-state index in [-0.39, 0.29) is 18.9 Å². The van der Waals surface area contributed by atoms with Gasteiger partial charge in [0.2, 0.25) is 0 Å². The number of hydrogen-bond acceptors (Lipinski definition) is 5. The van der Waals surface area contributed by atoms with E-state index in [0.717, 1.165) is 10.6 Å². The van der Waals surface area contributed by atoms with Crippen LogP contribution < -0.4 is 5.32 Å². The number of alkyl carbamates (subject to hydrolysis) is 1. The number of nitrogens with zero attached hydrogens (tertiary/aromatic N) is 1. The predicted octanol–water partition coefficient (Wildman–Crippen LogP) is 1.34. The van der Waals surface area contributed by atoms with Crippen LogP contribution in [0.3, 0.4) is 0 Å². The summed E-state index contributed by atoms with van der Waals surface area (Å²) in [6, 6.07) is 9.21. The van der Waals surface area contributed by atoms with Gasteiger partial charge in [0.25, 0.3) is 5.91 Å². The number of carbonyl (C=O) groups is 3. The van der Waals surface area contributed by atoms with Crippen LogP contribution in [-0.2, 0) is 25.8 Å². The molecule has 1 fully saturated rings. The van der Waals surface area contributed by atoms with Gasteiger partial charge in [0, 0.05) is 13.3 Å². The molecule has 0 saturated carbocycles. The molecule has 2 amide bonds. The Bertz CT molecular complexity index is 531. The molecule has 0 radical (unpaired) electrons. The summed E-state index contributed by atoms with van der Waals surface area (Å²) in [5.74, 6) is -0.965. The van der Waals surface area contributed by atoms with Crippen LogP contribution in [0.4, 0.5) is 4.79 Å². The number of rotatable bonds is 4. The minimum Gasteiger partial charge on any atom is -0.445 e. The Morgan fingerprint density at radius 3 is 2.71 bits per heavy atom. The first-order valence-corrected chi connectivity index (χ1v) is 6.54. The molecule has 0 bridgehead atoms. The van der Waals surface area contributed by atoms with Crippen molar-refractivity contribution in [1.82, 2.24) is 10.4 Å². The van der Waals surface area contributed by atoms with E-state index in [1.54, 1.807) is 0 Å². The fourth-order valence-corrected chi connectivity index (χ4v) is 1.95. The Morgan fingerprint density at radius 2 is 2.05 bits per heavy atom. The van der Waals surface area contributed by atoms with Crippen LogP contribution in [0.15, 0.2) is 30.3 Å². The summed E-state index contributed by atoms with van der Waals surface area (Å²) in [4.78, 5) is 38.9. The molecular formula is C14H16N2O5. The molecule has 1 atom stereocenters. The molecule has 1 saturated heterocycles. The number of amides is 2. The first kappa shape index (κ1) is 14.8. The summed E-state index contributed by atoms with van der Waals surface area (Å²) in [5, 5.41) is 3.38. The molecule has 21 heavy (non-hydrogen) atoms. The van der Waals surface area contributed by atoms with Gasteiger partial charge in [-0.2, -0.15) is 0 Å². The first-order valence-electron chi connectivity index (χ1n) is 6.54. The van der Waals surface area contributed by atoms with E-state index < -0.39 is 18.2 Å². The summed E-state index contributed by atoms with van der Waals surface area (Å²) >= 11 is 0. The maximum absolute atomic E-state index is 11.7. The molecule has 1 aromatic carbocycles. The van der Waals surface area contributed by atoms with Crippen molar-refractivity contribution in [3.63, 3.8) is 0 Å². The van der Waals surface area contributed by atoms with E-state index in [0.29, 0.717) is 6.42 Å². The van der Waals surface area contributed by atoms with E-state index in [1.807, 2.05) is 30.3 Å². The number of ether oxygens (including phenoxy) is 1. The minimum atomic E-state index is -0.690. The van der Waals surface area contributed by atoms with Gasteiger partial charge in [-0.25, -0.2) is 4.79 Å². The minimum absolute atomic E-state index is 0.126. The number of nitrogens with one attached hydrogen (secondary N) is 1. The molecule has 2 rings (SSSR count). The van der Waals surface area contributed by atoms with Crippen LogP contribution in [0, 0.1) is 0 Å². The first-order chi connectivity index (χ1) is 10.1. The van der Waals surface area contributed by atoms with Crippen molar-refractivity contribution in [3.05, 3.63) is 35.9 Å². The molecule has 0 spiro atoms. The van der Waals surface area contributed by atoms with Crippen LogP contribution >= 0.6 is 0 Å². The van der Waals surface area contributed by atoms with Crippen LogP contribution in [0.1, 0.15) is 25.3 Å². The third-order valence-electron chi connectivity index (χ3n) is 2.88. The van der Waals surface area contributed by atoms with Crippen LogP contribution in [-0.4, -0.2) is 29.2 Å². The molecule has 7 nitrogen and oxygen atoms in total. The molecule has 112 valence electrons. The summed E-state index contributed by atoms with van der Waals surface area (Å²) in [6.45, 7) is 1.32. The van der Waals surface area contributed by atoms with Crippen molar-refractivity contribution in [2.24, 2.45) is 0 Å². The lowest BCUT2D eigenvalue weighted by molar-refractivity contribution is -0.200. The maximum atomic E-state index is 11.7. The van der Waals surface area contributed by atoms with E-state index in [9.17, 15) is 14.4 Å². The van der Waals surface area contributed by atoms with Gasteiger partial charge in [-0.05, 0) is 12.0 Å². The average molecular weight is 292 g/mol. The fraction of sp³-hybridized carbons (Fsp3) is 0.357. The Labute approximate surface area is 121 Å². The van der Waals surface area contributed by atoms with Crippen molar-refractivity contribution in [2.75, 3.05) is 0 Å². The zero-order valence-electron chi connectivity index (χ0n) is 11.6. The van der Waals surface area contributed by atoms with Gasteiger partial charge in [0.05, 0.1) is 0 Å². The Kier molecular flexibility index (Phi) is 4.76. The van der Waals surface area contributed by atoms with Crippen molar-refractivity contribution in [3.8, 4) is 0 Å². The molecule has 7 heteroatoms. The molecular weight excluding hydrogens is 276 g/mol. The van der Waals surface area contributed by atoms with Gasteiger partial charge in [0.15, 0.2) is 0 Å². The van der Waals surface area contributed by atoms with Gasteiger partial charge >= 0.3 is 12.1 Å². The molecule has 0 unspecified atom stereocenters. The number of benzene rings is 1. The van der Waals surface area contributed by atoms with Gasteiger partial charge in [-0.3, -0.25) is 14.9 Å². The molecule has 1 aromatic rings. The SMILES string of the molecule is CC(=O)ON1C(=O)CC[C@H]1NC(=O)OCc1ccccc1. The van der Waals surface area contributed by atoms with Crippen molar-refractivity contribution in [2.45, 2.75) is 32.5 Å². The lowest BCUT2D eigenvalue weighted by atomic mass is 10.2. The molecule has 0 aliphatic carbocycles. The largest absolute Gasteiger partial charge is 0.445 e. The summed E-state index contributed by atoms with van der Waals surface area (Å²) in [5.41, 5.74) is 0.854. The zero-order valence-corrected chi connectivity index (χ0v) is 11.6. The Balaban J connectivity index is 1.84. The quantitative estimate of drug-likeness (QED) is 0.905. The summed E-state index contributed by atoms with van der Waals surface area (Å²) in [6.07, 6.45) is -0.788. The normalized spacial score (nSPS) is 17.5. The second-order valence-corrected chi connectivity index (χ2v) is 4.56. The highest BCUT2D eigenvalue weighted by Gasteiger charge is 2.35. The van der Waals surface area contributed by atoms with Crippen molar-refractivity contribution < 1.29 is 24.0 Å². The third kappa shape index (κ3) is 4.20. The van der Waals surface area contributed by atoms with Gasteiger partial charge < -0.3 is 9.57 Å². The fourth-order valence-electron chi connectivity index (χ4n) is 1.95. The van der Waals surface area contributed by atoms with E-state index in [4.69, 9.17) is 9.57 Å². The highest BCUT2D eigenvalue weighted by molar-refractivity contribution is 5.80. The van der Waals surface area contributed by atoms with Crippen molar-refractivity contribution >= 4 is 18.0 Å². The highest BCUT2D eigenvalue weighted by Crippen LogP contribution is 2.17. The maximum Gasteiger partial charge on any atom is 0.409 e. The Morgan fingerprint density at radius 1 is 1.33 bits per heavy atom. The summed E-state index contributed by atoms with van der Waals surface area (Å²) < 4.78 is 5.05. The standard InChI is InChI=1S/C14H16N2O5/c1-10(17)21-16-12(7-8-13(16)18)15-14(19)20-9-11-5-3-2-4-6-11/h2-6,12H,7-9H2,1H3,(H,15,19)/t12-/m0/s1. The summed E-state index contributed by atoms with van der Waals surface area (Å²) in [7, 11) is 0. The van der Waals surface area contributed by atoms with E-state index in [1.165, 1.54) is 6.92 Å². The lowest BCUT2D eigenvalue weighted by Gasteiger charge is -2.22. The second-order valence-electron chi connectivity index (χ2n) is 4.56. The van der Waals surface area contributed by atoms with Crippen LogP contribution in [0.25, 0.3) is 0 Å². The van der Waals surface area contributed by atoms with Crippen LogP contribution in [0.2, 0.25) is 0 Å². The molecule has 1 heterocycles. The van der Waals surface area contributed by atoms with Crippen LogP contribution in [0.5, 0.6) is 0 Å². The second kappa shape index (κ2) is 6.74. The average Bonchev–Trinajstić information content (AvgIpc) is 2.79. The monoisotopic (exact) mass is 292 g/mol. The smallest absolute Gasteiger partial charge is 0.409 e. The van der Waals surface area contributed by atoms with E-state index >= 15 is 0 Å². The van der Waals surface area contributed by atoms with Crippen molar-refractivity contribution in [1.29, 1.82) is 0 Å². The predicted molar refractivity (Wildman–Crippen MR) is 71.4 cm³/mol. The zero-order chi connectivity index (χ0) is 15.2.